The Hall–Kier alpha value is -0.0800. The van der Waals surface area contributed by atoms with E-state index >= 15 is 0 Å². The van der Waals surface area contributed by atoms with Gasteiger partial charge in [-0.15, -0.1) is 0 Å². The molecule has 0 amide bonds. The van der Waals surface area contributed by atoms with Crippen LogP contribution in [0.4, 0.5) is 0 Å². The molecule has 1 unspecified atom stereocenters. The average molecular weight is 190 g/mol. The minimum absolute atomic E-state index is 0.125. The molecule has 0 aromatic heterocycles. The number of unbranched alkanes of at least 4 members (excludes halogenated alkanes) is 2. The molecular weight excluding hydrogens is 164 g/mol. The van der Waals surface area contributed by atoms with E-state index in [4.69, 9.17) is 10.2 Å². The monoisotopic (exact) mass is 190 g/mol. The van der Waals surface area contributed by atoms with Crippen molar-refractivity contribution in [1.29, 1.82) is 0 Å². The zero-order valence-electron chi connectivity index (χ0n) is 9.58. The van der Waals surface area contributed by atoms with Crippen molar-refractivity contribution < 1.29 is 10.2 Å². The summed E-state index contributed by atoms with van der Waals surface area (Å²) in [4.78, 5) is 0. The van der Waals surface area contributed by atoms with Gasteiger partial charge in [-0.3, -0.25) is 0 Å². The molecule has 2 N–H and O–H groups in total. The third-order valence-corrected chi connectivity index (χ3v) is 1.57. The van der Waals surface area contributed by atoms with E-state index < -0.39 is 0 Å². The highest BCUT2D eigenvalue weighted by Crippen LogP contribution is 2.01. The zero-order chi connectivity index (χ0) is 10.7. The summed E-state index contributed by atoms with van der Waals surface area (Å²) in [6.45, 7) is 8.50. The molecule has 0 aliphatic rings. The molecule has 0 rings (SSSR count). The van der Waals surface area contributed by atoms with E-state index in [0.717, 1.165) is 19.3 Å². The number of aliphatic hydroxyl groups is 2. The SMILES string of the molecule is CC(C)CC(C)O.CCCCCO. The van der Waals surface area contributed by atoms with Crippen LogP contribution in [0, 0.1) is 5.92 Å². The van der Waals surface area contributed by atoms with Crippen LogP contribution in [0.1, 0.15) is 53.4 Å². The van der Waals surface area contributed by atoms with Gasteiger partial charge in [-0.05, 0) is 25.7 Å². The van der Waals surface area contributed by atoms with Gasteiger partial charge in [0.1, 0.15) is 0 Å². The second-order valence-corrected chi connectivity index (χ2v) is 3.91. The average Bonchev–Trinajstić information content (AvgIpc) is 1.99. The van der Waals surface area contributed by atoms with Crippen LogP contribution in [-0.2, 0) is 0 Å². The van der Waals surface area contributed by atoms with Crippen molar-refractivity contribution >= 4 is 0 Å². The summed E-state index contributed by atoms with van der Waals surface area (Å²) >= 11 is 0. The maximum absolute atomic E-state index is 8.72. The van der Waals surface area contributed by atoms with Crippen molar-refractivity contribution in [1.82, 2.24) is 0 Å². The van der Waals surface area contributed by atoms with Crippen LogP contribution in [0.5, 0.6) is 0 Å². The molecular formula is C11H26O2. The quantitative estimate of drug-likeness (QED) is 0.654. The molecule has 82 valence electrons. The summed E-state index contributed by atoms with van der Waals surface area (Å²) in [6.07, 6.45) is 4.12. The van der Waals surface area contributed by atoms with Crippen LogP contribution in [0.15, 0.2) is 0 Å². The Kier molecular flexibility index (Phi) is 14.1. The summed E-state index contributed by atoms with van der Waals surface area (Å²) in [5.74, 6) is 0.625. The fourth-order valence-corrected chi connectivity index (χ4v) is 1.04. The molecule has 0 bridgehead atoms. The number of rotatable bonds is 5. The van der Waals surface area contributed by atoms with Gasteiger partial charge in [-0.25, -0.2) is 0 Å². The molecule has 13 heavy (non-hydrogen) atoms. The second-order valence-electron chi connectivity index (χ2n) is 3.91. The van der Waals surface area contributed by atoms with Crippen molar-refractivity contribution in [2.24, 2.45) is 5.92 Å². The van der Waals surface area contributed by atoms with Crippen molar-refractivity contribution in [2.45, 2.75) is 59.5 Å². The third-order valence-electron chi connectivity index (χ3n) is 1.57. The lowest BCUT2D eigenvalue weighted by atomic mass is 10.1. The highest BCUT2D eigenvalue weighted by molar-refractivity contribution is 4.49. The first-order chi connectivity index (χ1) is 6.04. The van der Waals surface area contributed by atoms with E-state index in [-0.39, 0.29) is 6.10 Å². The Bertz CT molecular complexity index is 70.2. The largest absolute Gasteiger partial charge is 0.396 e. The van der Waals surface area contributed by atoms with Crippen molar-refractivity contribution in [2.75, 3.05) is 6.61 Å². The maximum Gasteiger partial charge on any atom is 0.0514 e. The molecule has 0 radical (unpaired) electrons. The Labute approximate surface area is 83.0 Å². The fourth-order valence-electron chi connectivity index (χ4n) is 1.04. The molecule has 1 atom stereocenters. The molecule has 0 aliphatic heterocycles. The molecule has 0 saturated heterocycles. The lowest BCUT2D eigenvalue weighted by Gasteiger charge is -2.04. The Morgan fingerprint density at radius 1 is 1.08 bits per heavy atom. The second kappa shape index (κ2) is 11.9. The van der Waals surface area contributed by atoms with Crippen LogP contribution in [0.25, 0.3) is 0 Å². The van der Waals surface area contributed by atoms with Crippen molar-refractivity contribution in [3.8, 4) is 0 Å². The standard InChI is InChI=1S/C6H14O.C5H12O/c1-5(2)4-6(3)7;1-2-3-4-5-6/h5-7H,4H2,1-3H3;6H,2-5H2,1H3. The maximum atomic E-state index is 8.72. The van der Waals surface area contributed by atoms with Gasteiger partial charge in [-0.2, -0.15) is 0 Å². The number of hydrogen-bond donors (Lipinski definition) is 2. The summed E-state index contributed by atoms with van der Waals surface area (Å²) in [6, 6.07) is 0. The minimum Gasteiger partial charge on any atom is -0.396 e. The molecule has 0 aromatic carbocycles. The van der Waals surface area contributed by atoms with Gasteiger partial charge in [0.2, 0.25) is 0 Å². The fraction of sp³-hybridized carbons (Fsp3) is 1.00. The minimum atomic E-state index is -0.125. The van der Waals surface area contributed by atoms with E-state index in [1.165, 1.54) is 6.42 Å². The first kappa shape index (κ1) is 15.4. The third kappa shape index (κ3) is 24.5. The highest BCUT2D eigenvalue weighted by Gasteiger charge is 1.97. The van der Waals surface area contributed by atoms with Gasteiger partial charge < -0.3 is 10.2 Å². The van der Waals surface area contributed by atoms with Gasteiger partial charge in [0.05, 0.1) is 6.10 Å². The van der Waals surface area contributed by atoms with Gasteiger partial charge in [0, 0.05) is 6.61 Å². The van der Waals surface area contributed by atoms with E-state index in [1.807, 2.05) is 6.92 Å². The van der Waals surface area contributed by atoms with Crippen molar-refractivity contribution in [3.63, 3.8) is 0 Å². The van der Waals surface area contributed by atoms with E-state index in [1.54, 1.807) is 0 Å². The topological polar surface area (TPSA) is 40.5 Å². The van der Waals surface area contributed by atoms with Crippen LogP contribution in [0.2, 0.25) is 0 Å². The molecule has 0 saturated carbocycles. The molecule has 0 fully saturated rings. The zero-order valence-corrected chi connectivity index (χ0v) is 9.58. The Morgan fingerprint density at radius 2 is 1.62 bits per heavy atom. The van der Waals surface area contributed by atoms with Gasteiger partial charge >= 0.3 is 0 Å². The molecule has 0 aliphatic carbocycles. The van der Waals surface area contributed by atoms with E-state index in [0.29, 0.717) is 12.5 Å². The van der Waals surface area contributed by atoms with Gasteiger partial charge in [-0.1, -0.05) is 33.6 Å². The summed E-state index contributed by atoms with van der Waals surface area (Å²) in [5, 5.41) is 16.9. The molecule has 0 heterocycles. The summed E-state index contributed by atoms with van der Waals surface area (Å²) < 4.78 is 0. The van der Waals surface area contributed by atoms with E-state index in [9.17, 15) is 0 Å². The lowest BCUT2D eigenvalue weighted by Crippen LogP contribution is -2.03. The van der Waals surface area contributed by atoms with E-state index in [2.05, 4.69) is 20.8 Å². The van der Waals surface area contributed by atoms with Gasteiger partial charge in [0.25, 0.3) is 0 Å². The highest BCUT2D eigenvalue weighted by atomic mass is 16.3. The predicted octanol–water partition coefficient (Wildman–Crippen LogP) is 2.58. The summed E-state index contributed by atoms with van der Waals surface area (Å²) in [5.41, 5.74) is 0. The molecule has 0 aromatic rings. The molecule has 2 heteroatoms. The summed E-state index contributed by atoms with van der Waals surface area (Å²) in [7, 11) is 0. The van der Waals surface area contributed by atoms with Crippen LogP contribution >= 0.6 is 0 Å². The van der Waals surface area contributed by atoms with Gasteiger partial charge in [0.15, 0.2) is 0 Å². The normalized spacial score (nSPS) is 12.2. The van der Waals surface area contributed by atoms with Crippen molar-refractivity contribution in [3.05, 3.63) is 0 Å². The lowest BCUT2D eigenvalue weighted by molar-refractivity contribution is 0.168. The molecule has 2 nitrogen and oxygen atoms in total. The smallest absolute Gasteiger partial charge is 0.0514 e. The number of hydrogen-bond acceptors (Lipinski definition) is 2. The Balaban J connectivity index is 0. The predicted molar refractivity (Wildman–Crippen MR) is 57.7 cm³/mol. The first-order valence-corrected chi connectivity index (χ1v) is 5.33. The van der Waals surface area contributed by atoms with Crippen LogP contribution < -0.4 is 0 Å². The van der Waals surface area contributed by atoms with Crippen LogP contribution in [0.3, 0.4) is 0 Å². The first-order valence-electron chi connectivity index (χ1n) is 5.33. The Morgan fingerprint density at radius 3 is 1.69 bits per heavy atom. The van der Waals surface area contributed by atoms with Crippen LogP contribution in [-0.4, -0.2) is 22.9 Å². The molecule has 0 spiro atoms. The number of aliphatic hydroxyl groups excluding tert-OH is 2.